The highest BCUT2D eigenvalue weighted by molar-refractivity contribution is 5.36. The second-order valence-electron chi connectivity index (χ2n) is 5.24. The molecule has 0 aliphatic carbocycles. The van der Waals surface area contributed by atoms with Crippen LogP contribution in [0.1, 0.15) is 30.9 Å². The molecule has 2 aromatic rings. The third-order valence-electron chi connectivity index (χ3n) is 3.38. The molecule has 0 saturated heterocycles. The molecule has 0 bridgehead atoms. The predicted octanol–water partition coefficient (Wildman–Crippen LogP) is 3.62. The van der Waals surface area contributed by atoms with E-state index in [1.807, 2.05) is 12.1 Å². The van der Waals surface area contributed by atoms with E-state index in [2.05, 4.69) is 73.9 Å². The van der Waals surface area contributed by atoms with Crippen LogP contribution in [0.2, 0.25) is 0 Å². The maximum Gasteiger partial charge on any atom is 0.0502 e. The minimum atomic E-state index is 0.0739. The van der Waals surface area contributed by atoms with Crippen molar-refractivity contribution in [2.75, 3.05) is 0 Å². The van der Waals surface area contributed by atoms with Crippen LogP contribution in [0, 0.1) is 0 Å². The normalized spacial score (nSPS) is 12.2. The third kappa shape index (κ3) is 3.56. The summed E-state index contributed by atoms with van der Waals surface area (Å²) < 4.78 is 0. The van der Waals surface area contributed by atoms with Gasteiger partial charge in [0, 0.05) is 5.92 Å². The minimum absolute atomic E-state index is 0.0739. The molecule has 0 radical (unpaired) electrons. The highest BCUT2D eigenvalue weighted by atomic mass is 15.2. The molecule has 0 amide bonds. The lowest BCUT2D eigenvalue weighted by Crippen LogP contribution is -2.39. The van der Waals surface area contributed by atoms with E-state index in [-0.39, 0.29) is 12.0 Å². The van der Waals surface area contributed by atoms with Crippen molar-refractivity contribution in [1.29, 1.82) is 0 Å². The first kappa shape index (κ1) is 14.5. The largest absolute Gasteiger partial charge is 0.271 e. The standard InChI is InChI=1S/C18H22N2/c1-14(2)13-17(20-19)18(15-9-5-3-6-10-15)16-11-7-4-8-12-16/h3-13,17-18,20H,19H2,1-2H3. The van der Waals surface area contributed by atoms with Gasteiger partial charge in [0.15, 0.2) is 0 Å². The van der Waals surface area contributed by atoms with Crippen LogP contribution in [-0.2, 0) is 0 Å². The van der Waals surface area contributed by atoms with Crippen molar-refractivity contribution in [3.05, 3.63) is 83.4 Å². The Morgan fingerprint density at radius 3 is 1.70 bits per heavy atom. The maximum absolute atomic E-state index is 5.80. The molecule has 104 valence electrons. The maximum atomic E-state index is 5.80. The summed E-state index contributed by atoms with van der Waals surface area (Å²) in [5, 5.41) is 0. The topological polar surface area (TPSA) is 38.0 Å². The lowest BCUT2D eigenvalue weighted by Gasteiger charge is -2.25. The summed E-state index contributed by atoms with van der Waals surface area (Å²) in [7, 11) is 0. The third-order valence-corrected chi connectivity index (χ3v) is 3.38. The van der Waals surface area contributed by atoms with Crippen molar-refractivity contribution in [3.8, 4) is 0 Å². The van der Waals surface area contributed by atoms with Gasteiger partial charge in [-0.1, -0.05) is 72.3 Å². The Morgan fingerprint density at radius 2 is 1.35 bits per heavy atom. The molecule has 1 atom stereocenters. The van der Waals surface area contributed by atoms with Gasteiger partial charge in [0.2, 0.25) is 0 Å². The van der Waals surface area contributed by atoms with Crippen LogP contribution >= 0.6 is 0 Å². The van der Waals surface area contributed by atoms with Gasteiger partial charge in [-0.05, 0) is 25.0 Å². The highest BCUT2D eigenvalue weighted by Crippen LogP contribution is 2.28. The van der Waals surface area contributed by atoms with Crippen LogP contribution < -0.4 is 11.3 Å². The molecule has 0 aromatic heterocycles. The van der Waals surface area contributed by atoms with E-state index in [1.165, 1.54) is 16.7 Å². The van der Waals surface area contributed by atoms with Gasteiger partial charge in [-0.25, -0.2) is 0 Å². The van der Waals surface area contributed by atoms with Crippen molar-refractivity contribution >= 4 is 0 Å². The van der Waals surface area contributed by atoms with E-state index in [9.17, 15) is 0 Å². The molecule has 2 nitrogen and oxygen atoms in total. The molecule has 0 heterocycles. The van der Waals surface area contributed by atoms with Crippen LogP contribution in [0.5, 0.6) is 0 Å². The summed E-state index contributed by atoms with van der Waals surface area (Å²) in [5.41, 5.74) is 6.73. The zero-order valence-corrected chi connectivity index (χ0v) is 12.1. The Kier molecular flexibility index (Phi) is 5.10. The predicted molar refractivity (Wildman–Crippen MR) is 85.3 cm³/mol. The van der Waals surface area contributed by atoms with Crippen molar-refractivity contribution in [3.63, 3.8) is 0 Å². The summed E-state index contributed by atoms with van der Waals surface area (Å²) in [6.07, 6.45) is 2.19. The lowest BCUT2D eigenvalue weighted by molar-refractivity contribution is 0.557. The van der Waals surface area contributed by atoms with Gasteiger partial charge in [0.25, 0.3) is 0 Å². The SMILES string of the molecule is CC(C)=CC(NN)C(c1ccccc1)c1ccccc1. The summed E-state index contributed by atoms with van der Waals surface area (Å²) in [5.74, 6) is 6.01. The molecule has 0 aliphatic rings. The van der Waals surface area contributed by atoms with Gasteiger partial charge in [-0.2, -0.15) is 0 Å². The van der Waals surface area contributed by atoms with Crippen LogP contribution in [0.3, 0.4) is 0 Å². The first-order valence-corrected chi connectivity index (χ1v) is 6.93. The number of benzene rings is 2. The van der Waals surface area contributed by atoms with Gasteiger partial charge in [0.1, 0.15) is 0 Å². The van der Waals surface area contributed by atoms with E-state index in [4.69, 9.17) is 5.84 Å². The zero-order chi connectivity index (χ0) is 14.4. The Balaban J connectivity index is 2.47. The molecule has 0 saturated carbocycles. The number of hydrazine groups is 1. The molecule has 2 heteroatoms. The minimum Gasteiger partial charge on any atom is -0.271 e. The van der Waals surface area contributed by atoms with Gasteiger partial charge < -0.3 is 0 Å². The Morgan fingerprint density at radius 1 is 0.900 bits per heavy atom. The van der Waals surface area contributed by atoms with Crippen molar-refractivity contribution in [1.82, 2.24) is 5.43 Å². The molecule has 0 fully saturated rings. The van der Waals surface area contributed by atoms with E-state index in [1.54, 1.807) is 0 Å². The van der Waals surface area contributed by atoms with Gasteiger partial charge in [-0.15, -0.1) is 0 Å². The fraction of sp³-hybridized carbons (Fsp3) is 0.222. The smallest absolute Gasteiger partial charge is 0.0502 e. The van der Waals surface area contributed by atoms with E-state index >= 15 is 0 Å². The number of nitrogens with two attached hydrogens (primary N) is 1. The molecule has 3 N–H and O–H groups in total. The Bertz CT molecular complexity index is 503. The van der Waals surface area contributed by atoms with Gasteiger partial charge in [-0.3, -0.25) is 11.3 Å². The molecule has 20 heavy (non-hydrogen) atoms. The van der Waals surface area contributed by atoms with Crippen molar-refractivity contribution in [2.24, 2.45) is 5.84 Å². The summed E-state index contributed by atoms with van der Waals surface area (Å²) in [4.78, 5) is 0. The lowest BCUT2D eigenvalue weighted by atomic mass is 9.84. The summed E-state index contributed by atoms with van der Waals surface area (Å²) in [6, 6.07) is 21.0. The number of hydrogen-bond donors (Lipinski definition) is 2. The van der Waals surface area contributed by atoms with Crippen LogP contribution in [0.4, 0.5) is 0 Å². The molecular weight excluding hydrogens is 244 g/mol. The summed E-state index contributed by atoms with van der Waals surface area (Å²) >= 11 is 0. The number of allylic oxidation sites excluding steroid dienone is 1. The van der Waals surface area contributed by atoms with Crippen molar-refractivity contribution in [2.45, 2.75) is 25.8 Å². The first-order valence-electron chi connectivity index (χ1n) is 6.93. The zero-order valence-electron chi connectivity index (χ0n) is 12.1. The Hall–Kier alpha value is -1.90. The molecular formula is C18H22N2. The summed E-state index contributed by atoms with van der Waals surface area (Å²) in [6.45, 7) is 4.19. The van der Waals surface area contributed by atoms with Crippen molar-refractivity contribution < 1.29 is 0 Å². The fourth-order valence-electron chi connectivity index (χ4n) is 2.53. The molecule has 2 aromatic carbocycles. The fourth-order valence-corrected chi connectivity index (χ4v) is 2.53. The number of nitrogens with one attached hydrogen (secondary N) is 1. The molecule has 1 unspecified atom stereocenters. The van der Waals surface area contributed by atoms with E-state index in [0.717, 1.165) is 0 Å². The van der Waals surface area contributed by atoms with Gasteiger partial charge >= 0.3 is 0 Å². The van der Waals surface area contributed by atoms with Crippen LogP contribution in [0.25, 0.3) is 0 Å². The highest BCUT2D eigenvalue weighted by Gasteiger charge is 2.22. The second-order valence-corrected chi connectivity index (χ2v) is 5.24. The second kappa shape index (κ2) is 7.04. The molecule has 0 spiro atoms. The van der Waals surface area contributed by atoms with E-state index < -0.39 is 0 Å². The van der Waals surface area contributed by atoms with E-state index in [0.29, 0.717) is 0 Å². The quantitative estimate of drug-likeness (QED) is 0.493. The average molecular weight is 266 g/mol. The number of hydrogen-bond acceptors (Lipinski definition) is 2. The molecule has 2 rings (SSSR count). The van der Waals surface area contributed by atoms with Crippen LogP contribution in [-0.4, -0.2) is 6.04 Å². The van der Waals surface area contributed by atoms with Crippen LogP contribution in [0.15, 0.2) is 72.3 Å². The van der Waals surface area contributed by atoms with Gasteiger partial charge in [0.05, 0.1) is 6.04 Å². The molecule has 0 aliphatic heterocycles. The average Bonchev–Trinajstić information content (AvgIpc) is 2.48. The Labute approximate surface area is 121 Å². The first-order chi connectivity index (χ1) is 9.72. The number of rotatable bonds is 5. The monoisotopic (exact) mass is 266 g/mol.